The van der Waals surface area contributed by atoms with Gasteiger partial charge in [0.1, 0.15) is 11.7 Å². The molecule has 0 unspecified atom stereocenters. The van der Waals surface area contributed by atoms with E-state index in [1.54, 1.807) is 24.3 Å². The third-order valence-electron chi connectivity index (χ3n) is 4.19. The predicted molar refractivity (Wildman–Crippen MR) is 74.7 cm³/mol. The molecule has 0 amide bonds. The van der Waals surface area contributed by atoms with Crippen LogP contribution in [-0.2, 0) is 11.2 Å². The Labute approximate surface area is 122 Å². The Morgan fingerprint density at radius 1 is 1.43 bits per heavy atom. The molecule has 0 spiro atoms. The number of aliphatic hydroxyl groups is 3. The number of hydrogen-bond acceptors (Lipinski definition) is 6. The van der Waals surface area contributed by atoms with Gasteiger partial charge < -0.3 is 21.1 Å². The zero-order valence-electron chi connectivity index (χ0n) is 11.7. The molecule has 1 aromatic rings. The van der Waals surface area contributed by atoms with Crippen molar-refractivity contribution in [3.63, 3.8) is 0 Å². The fourth-order valence-electron chi connectivity index (χ4n) is 2.82. The molecule has 0 bridgehead atoms. The molecule has 0 radical (unpaired) electrons. The van der Waals surface area contributed by atoms with Gasteiger partial charge in [-0.2, -0.15) is 0 Å². The van der Waals surface area contributed by atoms with E-state index in [1.807, 2.05) is 0 Å². The maximum atomic E-state index is 11.8. The molecule has 1 aromatic carbocycles. The first kappa shape index (κ1) is 15.8. The van der Waals surface area contributed by atoms with Gasteiger partial charge in [-0.1, -0.05) is 18.2 Å². The molecule has 0 heterocycles. The minimum atomic E-state index is -1.96. The van der Waals surface area contributed by atoms with E-state index in [9.17, 15) is 24.9 Å². The molecule has 1 saturated carbocycles. The van der Waals surface area contributed by atoms with Gasteiger partial charge in [-0.05, 0) is 25.0 Å². The highest BCUT2D eigenvalue weighted by Crippen LogP contribution is 2.35. The van der Waals surface area contributed by atoms with E-state index in [4.69, 9.17) is 5.73 Å². The Morgan fingerprint density at radius 3 is 2.67 bits per heavy atom. The molecule has 21 heavy (non-hydrogen) atoms. The Morgan fingerprint density at radius 2 is 2.10 bits per heavy atom. The van der Waals surface area contributed by atoms with Crippen molar-refractivity contribution < 1.29 is 24.9 Å². The Kier molecular flexibility index (Phi) is 4.25. The summed E-state index contributed by atoms with van der Waals surface area (Å²) in [6, 6.07) is 5.70. The van der Waals surface area contributed by atoms with E-state index >= 15 is 0 Å². The second kappa shape index (κ2) is 5.65. The van der Waals surface area contributed by atoms with Crippen molar-refractivity contribution in [3.8, 4) is 0 Å². The van der Waals surface area contributed by atoms with Crippen LogP contribution >= 0.6 is 0 Å². The van der Waals surface area contributed by atoms with Crippen molar-refractivity contribution in [1.82, 2.24) is 0 Å². The normalized spacial score (nSPS) is 32.4. The first-order chi connectivity index (χ1) is 9.81. The summed E-state index contributed by atoms with van der Waals surface area (Å²) in [6.07, 6.45) is -1.51. The number of benzene rings is 1. The number of carbonyl (C=O) groups is 2. The van der Waals surface area contributed by atoms with E-state index in [1.165, 1.54) is 6.92 Å². The molecule has 0 aliphatic heterocycles. The van der Waals surface area contributed by atoms with Gasteiger partial charge in [0.2, 0.25) is 0 Å². The van der Waals surface area contributed by atoms with Gasteiger partial charge >= 0.3 is 0 Å². The highest BCUT2D eigenvalue weighted by molar-refractivity contribution is 5.94. The molecule has 4 atom stereocenters. The predicted octanol–water partition coefficient (Wildman–Crippen LogP) is -0.958. The van der Waals surface area contributed by atoms with Gasteiger partial charge in [0, 0.05) is 11.5 Å². The fraction of sp³-hybridized carbons (Fsp3) is 0.467. The second-order valence-electron chi connectivity index (χ2n) is 5.55. The molecular weight excluding hydrogens is 274 g/mol. The average molecular weight is 293 g/mol. The van der Waals surface area contributed by atoms with Crippen LogP contribution < -0.4 is 5.73 Å². The largest absolute Gasteiger partial charge is 0.393 e. The fourth-order valence-corrected chi connectivity index (χ4v) is 2.82. The molecule has 1 aliphatic rings. The highest BCUT2D eigenvalue weighted by atomic mass is 16.4. The summed E-state index contributed by atoms with van der Waals surface area (Å²) in [6.45, 7) is 0.683. The van der Waals surface area contributed by atoms with Crippen molar-refractivity contribution in [2.45, 2.75) is 31.1 Å². The van der Waals surface area contributed by atoms with Gasteiger partial charge in [0.25, 0.3) is 0 Å². The van der Waals surface area contributed by atoms with Gasteiger partial charge in [-0.25, -0.2) is 0 Å². The topological polar surface area (TPSA) is 121 Å². The number of hydrogen-bond donors (Lipinski definition) is 4. The summed E-state index contributed by atoms with van der Waals surface area (Å²) in [5, 5.41) is 29.5. The number of Topliss-reactive ketones (excluding diaryl/α,β-unsaturated/α-hetero) is 2. The monoisotopic (exact) mass is 293 g/mol. The van der Waals surface area contributed by atoms with E-state index in [2.05, 4.69) is 0 Å². The average Bonchev–Trinajstić information content (AvgIpc) is 2.63. The van der Waals surface area contributed by atoms with Crippen LogP contribution in [0.5, 0.6) is 0 Å². The van der Waals surface area contributed by atoms with Crippen molar-refractivity contribution >= 4 is 11.6 Å². The number of nitrogens with two attached hydrogens (primary N) is 1. The zero-order chi connectivity index (χ0) is 15.8. The first-order valence-electron chi connectivity index (χ1n) is 6.71. The van der Waals surface area contributed by atoms with Gasteiger partial charge in [-0.3, -0.25) is 9.59 Å². The Bertz CT molecular complexity index is 573. The maximum absolute atomic E-state index is 11.8. The molecular formula is C15H19NO5. The lowest BCUT2D eigenvalue weighted by atomic mass is 9.83. The van der Waals surface area contributed by atoms with Gasteiger partial charge in [0.15, 0.2) is 11.6 Å². The summed E-state index contributed by atoms with van der Waals surface area (Å²) in [7, 11) is 0. The minimum absolute atomic E-state index is 0.0962. The molecule has 0 saturated heterocycles. The highest BCUT2D eigenvalue weighted by Gasteiger charge is 2.57. The number of aliphatic hydroxyl groups excluding tert-OH is 2. The van der Waals surface area contributed by atoms with Crippen LogP contribution in [0.3, 0.4) is 0 Å². The lowest BCUT2D eigenvalue weighted by Crippen LogP contribution is -2.49. The van der Waals surface area contributed by atoms with Crippen LogP contribution in [0.4, 0.5) is 0 Å². The maximum Gasteiger partial charge on any atom is 0.181 e. The van der Waals surface area contributed by atoms with Crippen LogP contribution in [-0.4, -0.2) is 51.2 Å². The SMILES string of the molecule is CC(=O)c1cccc(C[C@H]2[C@H](N)C(=O)[C@@H](O)[C@@]2(O)CO)c1. The zero-order valence-corrected chi connectivity index (χ0v) is 11.7. The summed E-state index contributed by atoms with van der Waals surface area (Å²) in [5.74, 6) is -1.59. The molecule has 6 heteroatoms. The third kappa shape index (κ3) is 2.63. The van der Waals surface area contributed by atoms with Crippen LogP contribution in [0.1, 0.15) is 22.8 Å². The van der Waals surface area contributed by atoms with Crippen molar-refractivity contribution in [2.75, 3.05) is 6.61 Å². The van der Waals surface area contributed by atoms with E-state index < -0.39 is 36.1 Å². The van der Waals surface area contributed by atoms with Crippen molar-refractivity contribution in [3.05, 3.63) is 35.4 Å². The summed E-state index contributed by atoms with van der Waals surface area (Å²) in [4.78, 5) is 23.1. The summed E-state index contributed by atoms with van der Waals surface area (Å²) >= 11 is 0. The molecule has 5 N–H and O–H groups in total. The van der Waals surface area contributed by atoms with Crippen LogP contribution in [0.15, 0.2) is 24.3 Å². The van der Waals surface area contributed by atoms with Gasteiger partial charge in [0.05, 0.1) is 12.6 Å². The third-order valence-corrected chi connectivity index (χ3v) is 4.19. The first-order valence-corrected chi connectivity index (χ1v) is 6.71. The Balaban J connectivity index is 2.31. The molecule has 2 rings (SSSR count). The van der Waals surface area contributed by atoms with Gasteiger partial charge in [-0.15, -0.1) is 0 Å². The molecule has 6 nitrogen and oxygen atoms in total. The van der Waals surface area contributed by atoms with Crippen molar-refractivity contribution in [2.24, 2.45) is 11.7 Å². The lowest BCUT2D eigenvalue weighted by Gasteiger charge is -2.30. The minimum Gasteiger partial charge on any atom is -0.393 e. The lowest BCUT2D eigenvalue weighted by molar-refractivity contribution is -0.140. The second-order valence-corrected chi connectivity index (χ2v) is 5.55. The standard InChI is InChI=1S/C15H19NO5/c1-8(18)10-4-2-3-9(5-10)6-11-12(16)13(19)14(20)15(11,21)7-17/h2-5,11-12,14,17,20-21H,6-7,16H2,1H3/t11-,12-,14+,15+/m0/s1. The number of carbonyl (C=O) groups excluding carboxylic acids is 2. The number of rotatable bonds is 4. The van der Waals surface area contributed by atoms with E-state index in [0.717, 1.165) is 0 Å². The smallest absolute Gasteiger partial charge is 0.181 e. The van der Waals surface area contributed by atoms with Crippen molar-refractivity contribution in [1.29, 1.82) is 0 Å². The van der Waals surface area contributed by atoms with Crippen LogP contribution in [0.25, 0.3) is 0 Å². The molecule has 1 fully saturated rings. The van der Waals surface area contributed by atoms with E-state index in [-0.39, 0.29) is 12.2 Å². The Hall–Kier alpha value is -1.60. The van der Waals surface area contributed by atoms with Crippen LogP contribution in [0, 0.1) is 5.92 Å². The molecule has 114 valence electrons. The summed E-state index contributed by atoms with van der Waals surface area (Å²) in [5.41, 5.74) is 5.02. The summed E-state index contributed by atoms with van der Waals surface area (Å²) < 4.78 is 0. The quantitative estimate of drug-likeness (QED) is 0.531. The van der Waals surface area contributed by atoms with E-state index in [0.29, 0.717) is 11.1 Å². The molecule has 0 aromatic heterocycles. The molecule has 1 aliphatic carbocycles. The number of ketones is 2. The van der Waals surface area contributed by atoms with Crippen LogP contribution in [0.2, 0.25) is 0 Å².